The molecule has 5 N–H and O–H groups in total. The van der Waals surface area contributed by atoms with Crippen LogP contribution in [-0.4, -0.2) is 59.3 Å². The van der Waals surface area contributed by atoms with Gasteiger partial charge in [-0.1, -0.05) is 46.8 Å². The minimum atomic E-state index is -1.14. The lowest BCUT2D eigenvalue weighted by molar-refractivity contribution is -0.260. The molecule has 5 saturated carbocycles. The standard InChI is InChI=1S/C41H69N3O4/c1-26(2)28-10-17-40(21-23-44-22-14-27(42)25-44)20-19-37(7)29(33(28)40)11-18-41(43)38(8)15-13-31(48-32(45)24-35(3,4)34(46)47)36(5,6)30(38)12-16-39(37,41)9/h27-31,33H,1,10-25,42-43H2,2-9H3,(H,46,47)/t27?,28-,29+,30-,31-,33+,37+,38-,39?,40+,41-/m0/s1. The molecule has 2 unspecified atom stereocenters. The molecule has 1 heterocycles. The van der Waals surface area contributed by atoms with Crippen molar-refractivity contribution in [3.63, 3.8) is 0 Å². The van der Waals surface area contributed by atoms with Crippen molar-refractivity contribution in [2.75, 3.05) is 19.6 Å². The molecule has 1 saturated heterocycles. The number of hydrogen-bond donors (Lipinski definition) is 3. The molecule has 272 valence electrons. The Bertz CT molecular complexity index is 1310. The van der Waals surface area contributed by atoms with Gasteiger partial charge in [-0.05, 0) is 156 Å². The van der Waals surface area contributed by atoms with Crippen LogP contribution in [0.1, 0.15) is 139 Å². The zero-order valence-electron chi connectivity index (χ0n) is 31.8. The third-order valence-electron chi connectivity index (χ3n) is 17.3. The maximum absolute atomic E-state index is 13.1. The molecule has 11 atom stereocenters. The summed E-state index contributed by atoms with van der Waals surface area (Å²) in [4.78, 5) is 27.5. The number of carbonyl (C=O) groups excluding carboxylic acids is 1. The van der Waals surface area contributed by atoms with Gasteiger partial charge in [-0.15, -0.1) is 0 Å². The van der Waals surface area contributed by atoms with Crippen molar-refractivity contribution in [1.29, 1.82) is 0 Å². The Kier molecular flexibility index (Phi) is 8.94. The molecule has 7 heteroatoms. The van der Waals surface area contributed by atoms with E-state index in [1.165, 1.54) is 50.6 Å². The van der Waals surface area contributed by atoms with E-state index in [0.29, 0.717) is 35.1 Å². The molecule has 6 rings (SSSR count). The van der Waals surface area contributed by atoms with Crippen molar-refractivity contribution in [1.82, 2.24) is 4.90 Å². The van der Waals surface area contributed by atoms with Gasteiger partial charge in [0.05, 0.1) is 11.8 Å². The quantitative estimate of drug-likeness (QED) is 0.181. The minimum Gasteiger partial charge on any atom is -0.481 e. The predicted molar refractivity (Wildman–Crippen MR) is 192 cm³/mol. The summed E-state index contributed by atoms with van der Waals surface area (Å²) in [5.74, 6) is 0.888. The molecule has 5 aliphatic carbocycles. The number of carboxylic acid groups (broad SMARTS) is 1. The number of rotatable bonds is 8. The van der Waals surface area contributed by atoms with E-state index in [4.69, 9.17) is 16.2 Å². The third kappa shape index (κ3) is 5.12. The van der Waals surface area contributed by atoms with Crippen LogP contribution >= 0.6 is 0 Å². The number of ether oxygens (including phenoxy) is 1. The number of allylic oxidation sites excluding steroid dienone is 1. The third-order valence-corrected chi connectivity index (χ3v) is 17.3. The summed E-state index contributed by atoms with van der Waals surface area (Å²) in [7, 11) is 0. The second-order valence-corrected chi connectivity index (χ2v) is 20.1. The average Bonchev–Trinajstić information content (AvgIpc) is 3.59. The summed E-state index contributed by atoms with van der Waals surface area (Å²) in [5, 5.41) is 9.61. The van der Waals surface area contributed by atoms with Crippen LogP contribution in [0.3, 0.4) is 0 Å². The Balaban J connectivity index is 1.27. The Morgan fingerprint density at radius 1 is 0.938 bits per heavy atom. The van der Waals surface area contributed by atoms with E-state index in [1.54, 1.807) is 13.8 Å². The van der Waals surface area contributed by atoms with Gasteiger partial charge in [0.15, 0.2) is 0 Å². The number of fused-ring (bicyclic) bond motifs is 7. The number of carbonyl (C=O) groups is 2. The largest absolute Gasteiger partial charge is 0.481 e. The van der Waals surface area contributed by atoms with Crippen LogP contribution in [0.25, 0.3) is 0 Å². The number of carboxylic acids is 1. The van der Waals surface area contributed by atoms with E-state index in [1.807, 2.05) is 0 Å². The normalized spacial score (nSPS) is 47.0. The van der Waals surface area contributed by atoms with E-state index < -0.39 is 17.4 Å². The molecule has 0 aromatic rings. The summed E-state index contributed by atoms with van der Waals surface area (Å²) in [6, 6.07) is 0.336. The summed E-state index contributed by atoms with van der Waals surface area (Å²) in [6.45, 7) is 25.8. The maximum atomic E-state index is 13.1. The van der Waals surface area contributed by atoms with Crippen LogP contribution < -0.4 is 11.5 Å². The zero-order chi connectivity index (χ0) is 35.3. The fourth-order valence-corrected chi connectivity index (χ4v) is 14.0. The van der Waals surface area contributed by atoms with Crippen molar-refractivity contribution in [2.45, 2.75) is 157 Å². The van der Waals surface area contributed by atoms with Crippen LogP contribution in [0.5, 0.6) is 0 Å². The number of aliphatic carboxylic acids is 1. The highest BCUT2D eigenvalue weighted by Crippen LogP contribution is 2.78. The number of esters is 1. The van der Waals surface area contributed by atoms with Gasteiger partial charge in [-0.25, -0.2) is 0 Å². The molecule has 6 fully saturated rings. The second kappa shape index (κ2) is 11.8. The van der Waals surface area contributed by atoms with Gasteiger partial charge in [0.25, 0.3) is 0 Å². The number of nitrogens with two attached hydrogens (primary N) is 2. The van der Waals surface area contributed by atoms with Crippen molar-refractivity contribution in [2.24, 2.45) is 67.6 Å². The molecule has 0 aromatic heterocycles. The Morgan fingerprint density at radius 3 is 2.27 bits per heavy atom. The van der Waals surface area contributed by atoms with Gasteiger partial charge in [0.2, 0.25) is 0 Å². The molecular weight excluding hydrogens is 598 g/mol. The van der Waals surface area contributed by atoms with Crippen molar-refractivity contribution in [3.05, 3.63) is 12.2 Å². The van der Waals surface area contributed by atoms with Crippen molar-refractivity contribution < 1.29 is 19.4 Å². The van der Waals surface area contributed by atoms with Crippen LogP contribution in [-0.2, 0) is 14.3 Å². The number of hydrogen-bond acceptors (Lipinski definition) is 6. The average molecular weight is 668 g/mol. The Hall–Kier alpha value is -1.44. The first-order valence-electron chi connectivity index (χ1n) is 19.5. The minimum absolute atomic E-state index is 0.00930. The highest BCUT2D eigenvalue weighted by molar-refractivity contribution is 5.81. The molecule has 1 aliphatic heterocycles. The smallest absolute Gasteiger partial charge is 0.309 e. The van der Waals surface area contributed by atoms with Crippen LogP contribution in [0, 0.1) is 56.2 Å². The molecule has 6 aliphatic rings. The van der Waals surface area contributed by atoms with Crippen LogP contribution in [0.2, 0.25) is 0 Å². The maximum Gasteiger partial charge on any atom is 0.309 e. The summed E-state index contributed by atoms with van der Waals surface area (Å²) < 4.78 is 6.18. The van der Waals surface area contributed by atoms with E-state index >= 15 is 0 Å². The predicted octanol–water partition coefficient (Wildman–Crippen LogP) is 7.56. The highest BCUT2D eigenvalue weighted by atomic mass is 16.5. The SMILES string of the molecule is C=C(C)[C@@H]1CC[C@]2(CCN3CCC(N)C3)CC[C@]3(C)[C@H](CC[C@@]4(N)C3(C)CC[C@H]3C(C)(C)[C@@H](OC(=O)CC(C)(C)C(=O)O)CC[C@@]34C)[C@@H]12. The molecule has 0 spiro atoms. The highest BCUT2D eigenvalue weighted by Gasteiger charge is 2.75. The lowest BCUT2D eigenvalue weighted by Crippen LogP contribution is -2.78. The van der Waals surface area contributed by atoms with Crippen LogP contribution in [0.15, 0.2) is 12.2 Å². The molecule has 0 radical (unpaired) electrons. The first-order valence-corrected chi connectivity index (χ1v) is 19.5. The van der Waals surface area contributed by atoms with E-state index in [0.717, 1.165) is 51.6 Å². The second-order valence-electron chi connectivity index (χ2n) is 20.1. The lowest BCUT2D eigenvalue weighted by Gasteiger charge is -2.77. The van der Waals surface area contributed by atoms with E-state index in [-0.39, 0.29) is 39.7 Å². The van der Waals surface area contributed by atoms with Gasteiger partial charge in [-0.2, -0.15) is 0 Å². The molecular formula is C41H69N3O4. The molecule has 48 heavy (non-hydrogen) atoms. The van der Waals surface area contributed by atoms with Gasteiger partial charge < -0.3 is 26.2 Å². The van der Waals surface area contributed by atoms with Crippen LogP contribution in [0.4, 0.5) is 0 Å². The van der Waals surface area contributed by atoms with Crippen molar-refractivity contribution in [3.8, 4) is 0 Å². The first kappa shape index (κ1) is 36.4. The summed E-state index contributed by atoms with van der Waals surface area (Å²) in [6.07, 6.45) is 13.4. The van der Waals surface area contributed by atoms with Gasteiger partial charge in [0.1, 0.15) is 6.10 Å². The zero-order valence-corrected chi connectivity index (χ0v) is 31.8. The first-order chi connectivity index (χ1) is 22.2. The molecule has 0 bridgehead atoms. The summed E-state index contributed by atoms with van der Waals surface area (Å²) in [5.41, 5.74) is 14.6. The van der Waals surface area contributed by atoms with Gasteiger partial charge >= 0.3 is 11.9 Å². The van der Waals surface area contributed by atoms with Gasteiger partial charge in [0, 0.05) is 23.5 Å². The molecule has 0 amide bonds. The monoisotopic (exact) mass is 668 g/mol. The number of likely N-dealkylation sites (tertiary alicyclic amines) is 1. The Morgan fingerprint density at radius 2 is 1.65 bits per heavy atom. The summed E-state index contributed by atoms with van der Waals surface area (Å²) >= 11 is 0. The molecule has 0 aromatic carbocycles. The van der Waals surface area contributed by atoms with E-state index in [9.17, 15) is 14.7 Å². The number of nitrogens with zero attached hydrogens (tertiary/aromatic N) is 1. The van der Waals surface area contributed by atoms with Gasteiger partial charge in [-0.3, -0.25) is 9.59 Å². The topological polar surface area (TPSA) is 119 Å². The Labute approximate surface area is 291 Å². The van der Waals surface area contributed by atoms with Crippen molar-refractivity contribution >= 4 is 11.9 Å². The fraction of sp³-hybridized carbons (Fsp3) is 0.902. The van der Waals surface area contributed by atoms with E-state index in [2.05, 4.69) is 53.0 Å². The fourth-order valence-electron chi connectivity index (χ4n) is 14.0. The molecule has 7 nitrogen and oxygen atoms in total. The lowest BCUT2D eigenvalue weighted by atomic mass is 9.29.